The maximum absolute atomic E-state index is 11.7. The van der Waals surface area contributed by atoms with Gasteiger partial charge in [0, 0.05) is 4.47 Å². The van der Waals surface area contributed by atoms with Crippen LogP contribution >= 0.6 is 15.9 Å². The summed E-state index contributed by atoms with van der Waals surface area (Å²) in [5.74, 6) is 0.800. The Morgan fingerprint density at radius 1 is 1.14 bits per heavy atom. The Labute approximate surface area is 132 Å². The third-order valence-corrected chi connectivity index (χ3v) is 3.49. The summed E-state index contributed by atoms with van der Waals surface area (Å²) in [4.78, 5) is 11.7. The summed E-state index contributed by atoms with van der Waals surface area (Å²) in [6.45, 7) is 2.88. The van der Waals surface area contributed by atoms with E-state index in [4.69, 9.17) is 4.74 Å². The Morgan fingerprint density at radius 2 is 1.86 bits per heavy atom. The van der Waals surface area contributed by atoms with E-state index in [1.165, 1.54) is 5.56 Å². The Kier molecular flexibility index (Phi) is 5.63. The molecule has 0 atom stereocenters. The van der Waals surface area contributed by atoms with Gasteiger partial charge in [-0.05, 0) is 47.1 Å². The van der Waals surface area contributed by atoms with E-state index in [1.54, 1.807) is 0 Å². The van der Waals surface area contributed by atoms with Crippen LogP contribution in [0, 0.1) is 6.92 Å². The van der Waals surface area contributed by atoms with Gasteiger partial charge in [0.05, 0.1) is 12.2 Å². The standard InChI is InChI=1S/C16H17BrN2O2/c1-12-6-8-13(9-7-12)21-11-10-18-16(20)19-15-5-3-2-4-14(15)17/h2-9H,10-11H2,1H3,(H2,18,19,20). The number of halogens is 1. The first kappa shape index (κ1) is 15.4. The molecule has 21 heavy (non-hydrogen) atoms. The fourth-order valence-electron chi connectivity index (χ4n) is 1.70. The molecular weight excluding hydrogens is 332 g/mol. The molecule has 2 amide bonds. The lowest BCUT2D eigenvalue weighted by atomic mass is 10.2. The first-order valence-electron chi connectivity index (χ1n) is 6.64. The highest BCUT2D eigenvalue weighted by Crippen LogP contribution is 2.20. The van der Waals surface area contributed by atoms with Gasteiger partial charge in [-0.1, -0.05) is 29.8 Å². The lowest BCUT2D eigenvalue weighted by Crippen LogP contribution is -2.32. The fourth-order valence-corrected chi connectivity index (χ4v) is 2.08. The predicted octanol–water partition coefficient (Wildman–Crippen LogP) is 3.96. The zero-order valence-electron chi connectivity index (χ0n) is 11.7. The topological polar surface area (TPSA) is 50.4 Å². The van der Waals surface area contributed by atoms with Crippen LogP contribution < -0.4 is 15.4 Å². The van der Waals surface area contributed by atoms with Gasteiger partial charge in [0.2, 0.25) is 0 Å². The second-order valence-electron chi connectivity index (χ2n) is 4.52. The van der Waals surface area contributed by atoms with Crippen LogP contribution in [0.15, 0.2) is 53.0 Å². The fraction of sp³-hybridized carbons (Fsp3) is 0.188. The minimum atomic E-state index is -0.255. The molecule has 5 heteroatoms. The number of para-hydroxylation sites is 1. The molecule has 0 aliphatic rings. The van der Waals surface area contributed by atoms with Crippen molar-refractivity contribution >= 4 is 27.6 Å². The average Bonchev–Trinajstić information content (AvgIpc) is 2.48. The van der Waals surface area contributed by atoms with E-state index in [-0.39, 0.29) is 6.03 Å². The summed E-state index contributed by atoms with van der Waals surface area (Å²) < 4.78 is 6.38. The summed E-state index contributed by atoms with van der Waals surface area (Å²) >= 11 is 3.38. The Balaban J connectivity index is 1.70. The number of ether oxygens (including phenoxy) is 1. The largest absolute Gasteiger partial charge is 0.492 e. The van der Waals surface area contributed by atoms with E-state index in [0.29, 0.717) is 13.2 Å². The van der Waals surface area contributed by atoms with Crippen molar-refractivity contribution in [1.82, 2.24) is 5.32 Å². The first-order valence-corrected chi connectivity index (χ1v) is 7.43. The number of hydrogen-bond acceptors (Lipinski definition) is 2. The highest BCUT2D eigenvalue weighted by atomic mass is 79.9. The van der Waals surface area contributed by atoms with Gasteiger partial charge in [-0.15, -0.1) is 0 Å². The highest BCUT2D eigenvalue weighted by Gasteiger charge is 2.03. The molecule has 0 saturated carbocycles. The molecule has 2 aromatic rings. The number of carbonyl (C=O) groups is 1. The van der Waals surface area contributed by atoms with Crippen LogP contribution in [-0.4, -0.2) is 19.2 Å². The van der Waals surface area contributed by atoms with Crippen molar-refractivity contribution in [2.45, 2.75) is 6.92 Å². The zero-order chi connectivity index (χ0) is 15.1. The molecule has 0 spiro atoms. The summed E-state index contributed by atoms with van der Waals surface area (Å²) in [6.07, 6.45) is 0. The van der Waals surface area contributed by atoms with Crippen LogP contribution in [0.25, 0.3) is 0 Å². The van der Waals surface area contributed by atoms with Crippen LogP contribution in [-0.2, 0) is 0 Å². The molecular formula is C16H17BrN2O2. The predicted molar refractivity (Wildman–Crippen MR) is 87.8 cm³/mol. The number of rotatable bonds is 5. The minimum Gasteiger partial charge on any atom is -0.492 e. The molecule has 110 valence electrons. The van der Waals surface area contributed by atoms with Crippen molar-refractivity contribution in [3.05, 3.63) is 58.6 Å². The van der Waals surface area contributed by atoms with Crippen molar-refractivity contribution in [3.63, 3.8) is 0 Å². The quantitative estimate of drug-likeness (QED) is 0.803. The number of aryl methyl sites for hydroxylation is 1. The zero-order valence-corrected chi connectivity index (χ0v) is 13.3. The number of benzene rings is 2. The van der Waals surface area contributed by atoms with Gasteiger partial charge >= 0.3 is 6.03 Å². The van der Waals surface area contributed by atoms with Crippen molar-refractivity contribution in [2.75, 3.05) is 18.5 Å². The van der Waals surface area contributed by atoms with Gasteiger partial charge in [-0.3, -0.25) is 0 Å². The van der Waals surface area contributed by atoms with Crippen LogP contribution in [0.3, 0.4) is 0 Å². The molecule has 2 rings (SSSR count). The van der Waals surface area contributed by atoms with Gasteiger partial charge in [0.1, 0.15) is 12.4 Å². The molecule has 0 radical (unpaired) electrons. The van der Waals surface area contributed by atoms with E-state index in [0.717, 1.165) is 15.9 Å². The Bertz CT molecular complexity index is 599. The van der Waals surface area contributed by atoms with Crippen LogP contribution in [0.1, 0.15) is 5.56 Å². The monoisotopic (exact) mass is 348 g/mol. The third kappa shape index (κ3) is 5.11. The van der Waals surface area contributed by atoms with Gasteiger partial charge in [0.25, 0.3) is 0 Å². The SMILES string of the molecule is Cc1ccc(OCCNC(=O)Nc2ccccc2Br)cc1. The smallest absolute Gasteiger partial charge is 0.319 e. The van der Waals surface area contributed by atoms with Gasteiger partial charge in [-0.2, -0.15) is 0 Å². The van der Waals surface area contributed by atoms with Gasteiger partial charge in [0.15, 0.2) is 0 Å². The van der Waals surface area contributed by atoms with Crippen molar-refractivity contribution in [1.29, 1.82) is 0 Å². The molecule has 0 bridgehead atoms. The second kappa shape index (κ2) is 7.69. The number of nitrogens with one attached hydrogen (secondary N) is 2. The third-order valence-electron chi connectivity index (χ3n) is 2.80. The molecule has 4 nitrogen and oxygen atoms in total. The molecule has 2 aromatic carbocycles. The summed E-state index contributed by atoms with van der Waals surface area (Å²) in [6, 6.07) is 15.0. The molecule has 0 aliphatic carbocycles. The van der Waals surface area contributed by atoms with E-state index >= 15 is 0 Å². The maximum Gasteiger partial charge on any atom is 0.319 e. The van der Waals surface area contributed by atoms with E-state index < -0.39 is 0 Å². The number of anilines is 1. The van der Waals surface area contributed by atoms with Crippen LogP contribution in [0.2, 0.25) is 0 Å². The number of urea groups is 1. The number of carbonyl (C=O) groups excluding carboxylic acids is 1. The summed E-state index contributed by atoms with van der Waals surface area (Å²) in [5, 5.41) is 5.51. The number of hydrogen-bond donors (Lipinski definition) is 2. The molecule has 0 unspecified atom stereocenters. The lowest BCUT2D eigenvalue weighted by Gasteiger charge is -2.10. The molecule has 0 heterocycles. The number of amides is 2. The van der Waals surface area contributed by atoms with Crippen molar-refractivity contribution in [2.24, 2.45) is 0 Å². The normalized spacial score (nSPS) is 10.0. The van der Waals surface area contributed by atoms with Crippen molar-refractivity contribution < 1.29 is 9.53 Å². The Hall–Kier alpha value is -2.01. The molecule has 2 N–H and O–H groups in total. The Morgan fingerprint density at radius 3 is 2.57 bits per heavy atom. The van der Waals surface area contributed by atoms with E-state index in [1.807, 2.05) is 55.5 Å². The molecule has 0 aliphatic heterocycles. The van der Waals surface area contributed by atoms with E-state index in [2.05, 4.69) is 26.6 Å². The van der Waals surface area contributed by atoms with Gasteiger partial charge < -0.3 is 15.4 Å². The maximum atomic E-state index is 11.7. The summed E-state index contributed by atoms with van der Waals surface area (Å²) in [7, 11) is 0. The second-order valence-corrected chi connectivity index (χ2v) is 5.38. The van der Waals surface area contributed by atoms with Crippen molar-refractivity contribution in [3.8, 4) is 5.75 Å². The van der Waals surface area contributed by atoms with Crippen LogP contribution in [0.5, 0.6) is 5.75 Å². The molecule has 0 saturated heterocycles. The van der Waals surface area contributed by atoms with Crippen LogP contribution in [0.4, 0.5) is 10.5 Å². The first-order chi connectivity index (χ1) is 10.1. The average molecular weight is 349 g/mol. The van der Waals surface area contributed by atoms with E-state index in [9.17, 15) is 4.79 Å². The van der Waals surface area contributed by atoms with Gasteiger partial charge in [-0.25, -0.2) is 4.79 Å². The summed E-state index contributed by atoms with van der Waals surface area (Å²) in [5.41, 5.74) is 1.92. The molecule has 0 aromatic heterocycles. The minimum absolute atomic E-state index is 0.255. The molecule has 0 fully saturated rings. The lowest BCUT2D eigenvalue weighted by molar-refractivity contribution is 0.247. The highest BCUT2D eigenvalue weighted by molar-refractivity contribution is 9.10.